The van der Waals surface area contributed by atoms with Crippen LogP contribution in [0, 0.1) is 5.41 Å². The van der Waals surface area contributed by atoms with E-state index in [4.69, 9.17) is 0 Å². The minimum absolute atomic E-state index is 0.187. The third-order valence-electron chi connectivity index (χ3n) is 4.19. The number of aromatic nitrogens is 4. The largest absolute Gasteiger partial charge is 0.396 e. The summed E-state index contributed by atoms with van der Waals surface area (Å²) >= 11 is 0. The van der Waals surface area contributed by atoms with E-state index in [2.05, 4.69) is 15.0 Å². The molecule has 1 fully saturated rings. The number of nitrogens with zero attached hydrogens (tertiary/aromatic N) is 3. The van der Waals surface area contributed by atoms with Crippen LogP contribution in [-0.4, -0.2) is 53.7 Å². The van der Waals surface area contributed by atoms with Gasteiger partial charge in [0.2, 0.25) is 0 Å². The molecule has 108 valence electrons. The zero-order valence-corrected chi connectivity index (χ0v) is 10.9. The maximum absolute atomic E-state index is 11.6. The molecule has 0 bridgehead atoms. The highest BCUT2D eigenvalue weighted by molar-refractivity contribution is 5.69. The van der Waals surface area contributed by atoms with Crippen molar-refractivity contribution in [1.29, 1.82) is 0 Å². The second kappa shape index (κ2) is 4.37. The Morgan fingerprint density at radius 1 is 1.50 bits per heavy atom. The Hall–Kier alpha value is -1.77. The first-order valence-electron chi connectivity index (χ1n) is 6.35. The van der Waals surface area contributed by atoms with E-state index < -0.39 is 23.7 Å². The van der Waals surface area contributed by atoms with Crippen molar-refractivity contribution in [3.8, 4) is 0 Å². The molecule has 3 rings (SSSR count). The van der Waals surface area contributed by atoms with E-state index in [0.717, 1.165) is 0 Å². The van der Waals surface area contributed by atoms with Crippen LogP contribution >= 0.6 is 0 Å². The number of rotatable bonds is 2. The maximum Gasteiger partial charge on any atom is 0.278 e. The molecular weight excluding hydrogens is 264 g/mol. The number of hydrogen-bond acceptors (Lipinski definition) is 6. The van der Waals surface area contributed by atoms with Crippen LogP contribution in [0.25, 0.3) is 11.2 Å². The van der Waals surface area contributed by atoms with Gasteiger partial charge in [-0.2, -0.15) is 0 Å². The molecule has 0 saturated heterocycles. The molecular formula is C12H16N4O4. The first-order chi connectivity index (χ1) is 9.48. The van der Waals surface area contributed by atoms with Gasteiger partial charge in [0, 0.05) is 5.41 Å². The molecule has 0 spiro atoms. The molecule has 0 unspecified atom stereocenters. The van der Waals surface area contributed by atoms with Crippen LogP contribution in [0.1, 0.15) is 19.4 Å². The lowest BCUT2D eigenvalue weighted by Crippen LogP contribution is -2.36. The van der Waals surface area contributed by atoms with E-state index >= 15 is 0 Å². The molecule has 1 saturated carbocycles. The van der Waals surface area contributed by atoms with Crippen molar-refractivity contribution in [1.82, 2.24) is 19.5 Å². The van der Waals surface area contributed by atoms with Crippen LogP contribution in [0.4, 0.5) is 0 Å². The summed E-state index contributed by atoms with van der Waals surface area (Å²) in [7, 11) is 0. The van der Waals surface area contributed by atoms with Crippen molar-refractivity contribution < 1.29 is 15.3 Å². The monoisotopic (exact) mass is 280 g/mol. The van der Waals surface area contributed by atoms with Gasteiger partial charge in [0.1, 0.15) is 6.10 Å². The molecule has 0 aromatic carbocycles. The van der Waals surface area contributed by atoms with Gasteiger partial charge < -0.3 is 24.9 Å². The van der Waals surface area contributed by atoms with Crippen molar-refractivity contribution in [2.24, 2.45) is 5.41 Å². The fourth-order valence-corrected chi connectivity index (χ4v) is 2.87. The SMILES string of the molecule is C[C@]1(CO)C[C@@H](n2cnc3c(=O)[nH]cnc32)[C@H](O)[C@@H]1O. The Labute approximate surface area is 113 Å². The van der Waals surface area contributed by atoms with Crippen molar-refractivity contribution in [2.45, 2.75) is 31.6 Å². The van der Waals surface area contributed by atoms with Crippen molar-refractivity contribution >= 4 is 11.2 Å². The van der Waals surface area contributed by atoms with E-state index in [1.165, 1.54) is 12.7 Å². The average molecular weight is 280 g/mol. The second-order valence-electron chi connectivity index (χ2n) is 5.57. The number of fused-ring (bicyclic) bond motifs is 1. The van der Waals surface area contributed by atoms with Gasteiger partial charge in [-0.05, 0) is 6.42 Å². The number of hydrogen-bond donors (Lipinski definition) is 4. The zero-order valence-electron chi connectivity index (χ0n) is 10.9. The van der Waals surface area contributed by atoms with Gasteiger partial charge in [-0.1, -0.05) is 6.92 Å². The molecule has 2 aromatic rings. The Morgan fingerprint density at radius 2 is 2.25 bits per heavy atom. The van der Waals surface area contributed by atoms with Crippen LogP contribution in [0.2, 0.25) is 0 Å². The van der Waals surface area contributed by atoms with Gasteiger partial charge in [-0.25, -0.2) is 9.97 Å². The van der Waals surface area contributed by atoms with E-state index in [-0.39, 0.29) is 17.7 Å². The van der Waals surface area contributed by atoms with E-state index in [1.807, 2.05) is 0 Å². The number of aliphatic hydroxyl groups is 3. The van der Waals surface area contributed by atoms with E-state index in [9.17, 15) is 20.1 Å². The smallest absolute Gasteiger partial charge is 0.278 e. The standard InChI is InChI=1S/C12H16N4O4/c1-12(3-17)2-6(8(18)9(12)19)16-5-15-7-10(16)13-4-14-11(7)20/h4-6,8-9,17-19H,2-3H2,1H3,(H,13,14,20)/t6-,8+,9+,12-/m1/s1. The van der Waals surface area contributed by atoms with Crippen LogP contribution in [-0.2, 0) is 0 Å². The summed E-state index contributed by atoms with van der Waals surface area (Å²) in [5, 5.41) is 29.7. The van der Waals surface area contributed by atoms with Crippen molar-refractivity contribution in [3.05, 3.63) is 23.0 Å². The van der Waals surface area contributed by atoms with Crippen LogP contribution in [0.3, 0.4) is 0 Å². The highest BCUT2D eigenvalue weighted by atomic mass is 16.3. The summed E-state index contributed by atoms with van der Waals surface area (Å²) < 4.78 is 1.58. The number of nitrogens with one attached hydrogen (secondary N) is 1. The summed E-state index contributed by atoms with van der Waals surface area (Å²) in [5.41, 5.74) is -0.604. The Bertz CT molecular complexity index is 696. The summed E-state index contributed by atoms with van der Waals surface area (Å²) in [6.07, 6.45) is 0.969. The summed E-state index contributed by atoms with van der Waals surface area (Å²) in [6, 6.07) is -0.485. The van der Waals surface area contributed by atoms with Crippen LogP contribution in [0.15, 0.2) is 17.4 Å². The van der Waals surface area contributed by atoms with Gasteiger partial charge in [-0.15, -0.1) is 0 Å². The van der Waals surface area contributed by atoms with Crippen molar-refractivity contribution in [2.75, 3.05) is 6.61 Å². The van der Waals surface area contributed by atoms with E-state index in [1.54, 1.807) is 11.5 Å². The zero-order chi connectivity index (χ0) is 14.5. The first-order valence-corrected chi connectivity index (χ1v) is 6.35. The molecule has 8 nitrogen and oxygen atoms in total. The molecule has 20 heavy (non-hydrogen) atoms. The fourth-order valence-electron chi connectivity index (χ4n) is 2.87. The third-order valence-corrected chi connectivity index (χ3v) is 4.19. The summed E-state index contributed by atoms with van der Waals surface area (Å²) in [5.74, 6) is 0. The Kier molecular flexibility index (Phi) is 2.89. The summed E-state index contributed by atoms with van der Waals surface area (Å²) in [6.45, 7) is 1.47. The van der Waals surface area contributed by atoms with Crippen molar-refractivity contribution in [3.63, 3.8) is 0 Å². The first kappa shape index (κ1) is 13.2. The molecule has 8 heteroatoms. The molecule has 1 aliphatic rings. The van der Waals surface area contributed by atoms with Gasteiger partial charge in [-0.3, -0.25) is 4.79 Å². The normalized spacial score (nSPS) is 33.9. The highest BCUT2D eigenvalue weighted by Crippen LogP contribution is 2.44. The number of H-pyrrole nitrogens is 1. The molecule has 2 aromatic heterocycles. The minimum Gasteiger partial charge on any atom is -0.396 e. The Balaban J connectivity index is 2.09. The van der Waals surface area contributed by atoms with Gasteiger partial charge in [0.25, 0.3) is 5.56 Å². The molecule has 4 atom stereocenters. The molecule has 2 heterocycles. The third kappa shape index (κ3) is 1.69. The second-order valence-corrected chi connectivity index (χ2v) is 5.57. The predicted octanol–water partition coefficient (Wildman–Crippen LogP) is -1.22. The predicted molar refractivity (Wildman–Crippen MR) is 69.0 cm³/mol. The van der Waals surface area contributed by atoms with Crippen LogP contribution in [0.5, 0.6) is 0 Å². The average Bonchev–Trinajstić information content (AvgIpc) is 2.96. The Morgan fingerprint density at radius 3 is 2.90 bits per heavy atom. The molecule has 0 amide bonds. The fraction of sp³-hybridized carbons (Fsp3) is 0.583. The minimum atomic E-state index is -1.05. The lowest BCUT2D eigenvalue weighted by atomic mass is 9.87. The lowest BCUT2D eigenvalue weighted by Gasteiger charge is -2.25. The number of aromatic amines is 1. The topological polar surface area (TPSA) is 124 Å². The quantitative estimate of drug-likeness (QED) is 0.547. The molecule has 1 aliphatic carbocycles. The van der Waals surface area contributed by atoms with Gasteiger partial charge >= 0.3 is 0 Å². The maximum atomic E-state index is 11.6. The molecule has 0 radical (unpaired) electrons. The lowest BCUT2D eigenvalue weighted by molar-refractivity contribution is -0.0403. The summed E-state index contributed by atoms with van der Waals surface area (Å²) in [4.78, 5) is 22.1. The number of aliphatic hydroxyl groups excluding tert-OH is 3. The highest BCUT2D eigenvalue weighted by Gasteiger charge is 2.50. The van der Waals surface area contributed by atoms with Gasteiger partial charge in [0.15, 0.2) is 11.2 Å². The number of imidazole rings is 1. The molecule has 0 aliphatic heterocycles. The van der Waals surface area contributed by atoms with Crippen LogP contribution < -0.4 is 5.56 Å². The molecule has 4 N–H and O–H groups in total. The van der Waals surface area contributed by atoms with Gasteiger partial charge in [0.05, 0.1) is 31.4 Å². The van der Waals surface area contributed by atoms with E-state index in [0.29, 0.717) is 12.1 Å².